The van der Waals surface area contributed by atoms with Gasteiger partial charge in [-0.3, -0.25) is 9.59 Å². The molecule has 0 fully saturated rings. The van der Waals surface area contributed by atoms with Gasteiger partial charge in [0.05, 0.1) is 0 Å². The van der Waals surface area contributed by atoms with E-state index in [9.17, 15) is 24.3 Å². The molecule has 9 nitrogen and oxygen atoms in total. The summed E-state index contributed by atoms with van der Waals surface area (Å²) in [6, 6.07) is 15.9. The lowest BCUT2D eigenvalue weighted by Gasteiger charge is -2.23. The summed E-state index contributed by atoms with van der Waals surface area (Å²) in [7, 11) is 0. The van der Waals surface area contributed by atoms with Crippen molar-refractivity contribution in [3.8, 4) is 0 Å². The molecule has 0 saturated carbocycles. The van der Waals surface area contributed by atoms with E-state index in [4.69, 9.17) is 4.74 Å². The largest absolute Gasteiger partial charge is 0.480 e. The van der Waals surface area contributed by atoms with Crippen LogP contribution in [0.2, 0.25) is 0 Å². The van der Waals surface area contributed by atoms with Gasteiger partial charge in [0.25, 0.3) is 0 Å². The fraction of sp³-hybridized carbons (Fsp3) is 0.360. The highest BCUT2D eigenvalue weighted by molar-refractivity contribution is 5.91. The predicted molar refractivity (Wildman–Crippen MR) is 126 cm³/mol. The smallest absolute Gasteiger partial charge is 0.407 e. The molecule has 9 heteroatoms. The van der Waals surface area contributed by atoms with E-state index in [1.54, 1.807) is 36.4 Å². The molecule has 0 aliphatic carbocycles. The second-order valence-electron chi connectivity index (χ2n) is 8.25. The molecule has 0 unspecified atom stereocenters. The predicted octanol–water partition coefficient (Wildman–Crippen LogP) is 2.26. The minimum absolute atomic E-state index is 0.0530. The van der Waals surface area contributed by atoms with Gasteiger partial charge in [0, 0.05) is 6.42 Å². The molecule has 2 aromatic rings. The fourth-order valence-corrected chi connectivity index (χ4v) is 3.20. The maximum absolute atomic E-state index is 12.8. The number of ether oxygens (including phenoxy) is 1. The third kappa shape index (κ3) is 9.72. The summed E-state index contributed by atoms with van der Waals surface area (Å²) in [6.45, 7) is 3.43. The number of amides is 3. The van der Waals surface area contributed by atoms with Gasteiger partial charge in [-0.2, -0.15) is 0 Å². The average Bonchev–Trinajstić information content (AvgIpc) is 2.81. The van der Waals surface area contributed by atoms with Crippen molar-refractivity contribution in [2.75, 3.05) is 6.54 Å². The number of hydrogen-bond acceptors (Lipinski definition) is 5. The molecule has 2 aromatic carbocycles. The third-order valence-electron chi connectivity index (χ3n) is 4.86. The molecule has 182 valence electrons. The molecule has 2 rings (SSSR count). The van der Waals surface area contributed by atoms with E-state index in [2.05, 4.69) is 16.0 Å². The zero-order valence-corrected chi connectivity index (χ0v) is 19.3. The van der Waals surface area contributed by atoms with E-state index >= 15 is 0 Å². The highest BCUT2D eigenvalue weighted by Crippen LogP contribution is 2.08. The normalized spacial score (nSPS) is 12.3. The topological polar surface area (TPSA) is 134 Å². The van der Waals surface area contributed by atoms with Crippen LogP contribution in [0.15, 0.2) is 60.7 Å². The molecule has 0 spiro atoms. The summed E-state index contributed by atoms with van der Waals surface area (Å²) in [5.41, 5.74) is 1.57. The summed E-state index contributed by atoms with van der Waals surface area (Å²) < 4.78 is 5.06. The molecule has 0 heterocycles. The molecule has 0 bridgehead atoms. The minimum atomic E-state index is -1.17. The van der Waals surface area contributed by atoms with Crippen molar-refractivity contribution in [1.29, 1.82) is 0 Å². The summed E-state index contributed by atoms with van der Waals surface area (Å²) in [4.78, 5) is 48.7. The summed E-state index contributed by atoms with van der Waals surface area (Å²) >= 11 is 0. The Morgan fingerprint density at radius 3 is 2.00 bits per heavy atom. The summed E-state index contributed by atoms with van der Waals surface area (Å²) in [5, 5.41) is 17.0. The number of alkyl carbamates (subject to hydrolysis) is 1. The Labute approximate surface area is 198 Å². The first-order valence-electron chi connectivity index (χ1n) is 11.1. The van der Waals surface area contributed by atoms with E-state index in [0.29, 0.717) is 6.42 Å². The monoisotopic (exact) mass is 469 g/mol. The lowest BCUT2D eigenvalue weighted by molar-refractivity contribution is -0.142. The maximum atomic E-state index is 12.8. The molecule has 3 amide bonds. The number of carboxylic acids is 1. The lowest BCUT2D eigenvalue weighted by atomic mass is 10.0. The highest BCUT2D eigenvalue weighted by atomic mass is 16.5. The Morgan fingerprint density at radius 2 is 1.44 bits per heavy atom. The van der Waals surface area contributed by atoms with Gasteiger partial charge >= 0.3 is 12.1 Å². The first-order chi connectivity index (χ1) is 16.2. The third-order valence-corrected chi connectivity index (χ3v) is 4.86. The fourth-order valence-electron chi connectivity index (χ4n) is 3.20. The SMILES string of the molecule is CC(C)C[C@H](NC(=O)CNC(=O)OCc1ccccc1)C(=O)N[C@@H](Cc1ccccc1)C(=O)O. The first-order valence-corrected chi connectivity index (χ1v) is 11.1. The van der Waals surface area contributed by atoms with Gasteiger partial charge in [0.1, 0.15) is 25.2 Å². The van der Waals surface area contributed by atoms with Gasteiger partial charge in [0.2, 0.25) is 11.8 Å². The Morgan fingerprint density at radius 1 is 0.853 bits per heavy atom. The maximum Gasteiger partial charge on any atom is 0.407 e. The van der Waals surface area contributed by atoms with E-state index in [1.165, 1.54) is 0 Å². The van der Waals surface area contributed by atoms with Crippen LogP contribution in [0.25, 0.3) is 0 Å². The first kappa shape index (κ1) is 26.4. The molecule has 4 N–H and O–H groups in total. The van der Waals surface area contributed by atoms with Gasteiger partial charge in [-0.15, -0.1) is 0 Å². The van der Waals surface area contributed by atoms with Crippen molar-refractivity contribution in [2.24, 2.45) is 5.92 Å². The van der Waals surface area contributed by atoms with Crippen LogP contribution in [0.5, 0.6) is 0 Å². The van der Waals surface area contributed by atoms with Crippen molar-refractivity contribution in [1.82, 2.24) is 16.0 Å². The van der Waals surface area contributed by atoms with Crippen molar-refractivity contribution >= 4 is 23.9 Å². The van der Waals surface area contributed by atoms with Crippen LogP contribution >= 0.6 is 0 Å². The van der Waals surface area contributed by atoms with E-state index in [1.807, 2.05) is 38.1 Å². The summed E-state index contributed by atoms with van der Waals surface area (Å²) in [6.07, 6.45) is -0.357. The molecule has 0 radical (unpaired) electrons. The van der Waals surface area contributed by atoms with Gasteiger partial charge in [-0.1, -0.05) is 74.5 Å². The quantitative estimate of drug-likeness (QED) is 0.377. The van der Waals surface area contributed by atoms with Crippen molar-refractivity contribution < 1.29 is 29.0 Å². The van der Waals surface area contributed by atoms with Crippen LogP contribution in [-0.4, -0.2) is 47.6 Å². The zero-order chi connectivity index (χ0) is 24.9. The second-order valence-corrected chi connectivity index (χ2v) is 8.25. The number of aliphatic carboxylic acids is 1. The van der Waals surface area contributed by atoms with Crippen LogP contribution in [-0.2, 0) is 32.1 Å². The van der Waals surface area contributed by atoms with Crippen LogP contribution in [0.1, 0.15) is 31.4 Å². The number of carbonyl (C=O) groups excluding carboxylic acids is 3. The minimum Gasteiger partial charge on any atom is -0.480 e. The van der Waals surface area contributed by atoms with Gasteiger partial charge in [0.15, 0.2) is 0 Å². The molecule has 0 saturated heterocycles. The second kappa shape index (κ2) is 13.6. The van der Waals surface area contributed by atoms with Crippen LogP contribution < -0.4 is 16.0 Å². The number of rotatable bonds is 12. The molecule has 0 aromatic heterocycles. The van der Waals surface area contributed by atoms with Crippen molar-refractivity contribution in [2.45, 2.75) is 45.4 Å². The molecule has 0 aliphatic heterocycles. The average molecular weight is 470 g/mol. The van der Waals surface area contributed by atoms with Gasteiger partial charge in [-0.25, -0.2) is 9.59 Å². The van der Waals surface area contributed by atoms with Gasteiger partial charge in [-0.05, 0) is 23.5 Å². The number of nitrogens with one attached hydrogen (secondary N) is 3. The summed E-state index contributed by atoms with van der Waals surface area (Å²) in [5.74, 6) is -2.31. The lowest BCUT2D eigenvalue weighted by Crippen LogP contribution is -2.54. The molecule has 2 atom stereocenters. The number of hydrogen-bond donors (Lipinski definition) is 4. The Balaban J connectivity index is 1.88. The van der Waals surface area contributed by atoms with Crippen LogP contribution in [0.4, 0.5) is 4.79 Å². The Kier molecular flexibility index (Phi) is 10.6. The van der Waals surface area contributed by atoms with E-state index < -0.39 is 36.0 Å². The Bertz CT molecular complexity index is 950. The van der Waals surface area contributed by atoms with Crippen LogP contribution in [0.3, 0.4) is 0 Å². The van der Waals surface area contributed by atoms with E-state index in [0.717, 1.165) is 11.1 Å². The zero-order valence-electron chi connectivity index (χ0n) is 19.3. The Hall–Kier alpha value is -3.88. The van der Waals surface area contributed by atoms with Crippen LogP contribution in [0, 0.1) is 5.92 Å². The highest BCUT2D eigenvalue weighted by Gasteiger charge is 2.27. The van der Waals surface area contributed by atoms with Crippen molar-refractivity contribution in [3.63, 3.8) is 0 Å². The molecular formula is C25H31N3O6. The number of carbonyl (C=O) groups is 4. The van der Waals surface area contributed by atoms with Crippen molar-refractivity contribution in [3.05, 3.63) is 71.8 Å². The van der Waals surface area contributed by atoms with Gasteiger partial charge < -0.3 is 25.8 Å². The molecular weight excluding hydrogens is 438 g/mol. The standard InChI is InChI=1S/C25H31N3O6/c1-17(2)13-20(23(30)28-21(24(31)32)14-18-9-5-3-6-10-18)27-22(29)15-26-25(33)34-16-19-11-7-4-8-12-19/h3-12,17,20-21H,13-16H2,1-2H3,(H,26,33)(H,27,29)(H,28,30)(H,31,32)/t20-,21-/m0/s1. The molecule has 34 heavy (non-hydrogen) atoms. The number of benzene rings is 2. The molecule has 0 aliphatic rings. The number of carboxylic acid groups (broad SMARTS) is 1. The van der Waals surface area contributed by atoms with E-state index in [-0.39, 0.29) is 25.5 Å².